The summed E-state index contributed by atoms with van der Waals surface area (Å²) < 4.78 is 0. The van der Waals surface area contributed by atoms with Crippen molar-refractivity contribution in [2.24, 2.45) is 5.92 Å². The smallest absolute Gasteiger partial charge is 0.263 e. The zero-order chi connectivity index (χ0) is 39.5. The molecule has 5 heterocycles. The van der Waals surface area contributed by atoms with Crippen LogP contribution in [-0.2, 0) is 10.8 Å². The van der Waals surface area contributed by atoms with E-state index in [4.69, 9.17) is 0 Å². The highest BCUT2D eigenvalue weighted by atomic mass is 32.1. The Morgan fingerprint density at radius 2 is 1.22 bits per heavy atom. The first kappa shape index (κ1) is 42.3. The molecule has 0 spiro atoms. The molecule has 0 bridgehead atoms. The van der Waals surface area contributed by atoms with E-state index in [0.717, 1.165) is 22.6 Å². The number of unbranched alkanes of at least 4 members (excludes halogenated alkanes) is 10. The molecule has 2 aliphatic heterocycles. The minimum absolute atomic E-state index is 0.0686. The van der Waals surface area contributed by atoms with Crippen molar-refractivity contribution < 1.29 is 9.59 Å². The van der Waals surface area contributed by atoms with Crippen LogP contribution < -0.4 is 15.6 Å². The summed E-state index contributed by atoms with van der Waals surface area (Å²) in [4.78, 5) is 37.9. The van der Waals surface area contributed by atoms with Crippen molar-refractivity contribution in [3.05, 3.63) is 63.3 Å². The van der Waals surface area contributed by atoms with Crippen LogP contribution >= 0.6 is 34.0 Å². The Kier molecular flexibility index (Phi) is 13.6. The number of hydrogen-bond acceptors (Lipinski definition) is 5. The van der Waals surface area contributed by atoms with Crippen LogP contribution in [0.4, 0.5) is 0 Å². The van der Waals surface area contributed by atoms with E-state index in [1.807, 2.05) is 22.7 Å². The standard InChI is InChI=1S/C48H67NO2S3Si/c1-10-13-15-16-17-18-19-20-21-25-29-49-45(50)39-40(46(49)51)44(48(7,8)9)54-41(39)35-30-36-42(52-35)43-37(31-38(53-43)47(4,5)6)55(36,34-27-23-22-24-28-34)32-33(12-3)26-14-11-2/h22-24,27-28,30-31,33H,10-21,25-26,29,32H2,1-9H3. The fraction of sp³-hybridized carbons (Fsp3) is 0.583. The summed E-state index contributed by atoms with van der Waals surface area (Å²) >= 11 is 5.61. The topological polar surface area (TPSA) is 37.4 Å². The Labute approximate surface area is 346 Å². The number of thiophene rings is 3. The van der Waals surface area contributed by atoms with E-state index >= 15 is 0 Å². The molecule has 2 atom stereocenters. The second-order valence-corrected chi connectivity index (χ2v) is 25.6. The van der Waals surface area contributed by atoms with E-state index in [0.29, 0.717) is 23.6 Å². The van der Waals surface area contributed by atoms with Crippen molar-refractivity contribution in [1.82, 2.24) is 4.90 Å². The third-order valence-corrected chi connectivity index (χ3v) is 22.4. The van der Waals surface area contributed by atoms with E-state index in [1.165, 1.54) is 113 Å². The van der Waals surface area contributed by atoms with Gasteiger partial charge < -0.3 is 0 Å². The van der Waals surface area contributed by atoms with Gasteiger partial charge in [0.25, 0.3) is 11.8 Å². The van der Waals surface area contributed by atoms with Gasteiger partial charge in [0.05, 0.1) is 16.0 Å². The van der Waals surface area contributed by atoms with Gasteiger partial charge in [-0.05, 0) is 56.9 Å². The van der Waals surface area contributed by atoms with Gasteiger partial charge in [0.2, 0.25) is 0 Å². The van der Waals surface area contributed by atoms with Crippen LogP contribution in [0.2, 0.25) is 6.04 Å². The highest BCUT2D eigenvalue weighted by Gasteiger charge is 2.52. The molecule has 2 aliphatic rings. The molecule has 0 fully saturated rings. The van der Waals surface area contributed by atoms with Gasteiger partial charge in [-0.25, -0.2) is 0 Å². The number of carbonyl (C=O) groups excluding carboxylic acids is 2. The van der Waals surface area contributed by atoms with Gasteiger partial charge in [-0.3, -0.25) is 14.5 Å². The third kappa shape index (κ3) is 8.47. The molecule has 4 aromatic rings. The second-order valence-electron chi connectivity index (χ2n) is 18.6. The molecule has 298 valence electrons. The van der Waals surface area contributed by atoms with Crippen molar-refractivity contribution in [3.63, 3.8) is 0 Å². The molecule has 6 rings (SSSR count). The molecule has 2 amide bonds. The monoisotopic (exact) mass is 813 g/mol. The Morgan fingerprint density at radius 3 is 1.82 bits per heavy atom. The molecule has 0 radical (unpaired) electrons. The van der Waals surface area contributed by atoms with Crippen LogP contribution in [0.5, 0.6) is 0 Å². The maximum absolute atomic E-state index is 14.5. The Bertz CT molecular complexity index is 1940. The molecule has 0 saturated carbocycles. The summed E-state index contributed by atoms with van der Waals surface area (Å²) in [5.41, 5.74) is 1.19. The number of imide groups is 1. The first-order valence-corrected chi connectivity index (χ1v) is 26.3. The number of benzene rings is 1. The zero-order valence-electron chi connectivity index (χ0n) is 35.4. The minimum atomic E-state index is -2.43. The molecule has 2 unspecified atom stereocenters. The van der Waals surface area contributed by atoms with Crippen LogP contribution in [0, 0.1) is 5.92 Å². The average molecular weight is 814 g/mol. The van der Waals surface area contributed by atoms with Crippen molar-refractivity contribution in [2.45, 2.75) is 169 Å². The Balaban J connectivity index is 1.38. The molecule has 3 aromatic heterocycles. The van der Waals surface area contributed by atoms with Gasteiger partial charge in [0.1, 0.15) is 0 Å². The van der Waals surface area contributed by atoms with Gasteiger partial charge in [0, 0.05) is 30.9 Å². The molecular formula is C48H67NO2S3Si. The molecule has 3 nitrogen and oxygen atoms in total. The number of carbonyl (C=O) groups is 2. The fourth-order valence-corrected chi connectivity index (χ4v) is 20.0. The number of fused-ring (bicyclic) bond motifs is 4. The minimum Gasteiger partial charge on any atom is -0.274 e. The molecule has 7 heteroatoms. The fourth-order valence-electron chi connectivity index (χ4n) is 8.99. The second kappa shape index (κ2) is 17.7. The van der Waals surface area contributed by atoms with E-state index in [-0.39, 0.29) is 22.6 Å². The maximum atomic E-state index is 14.5. The maximum Gasteiger partial charge on any atom is 0.263 e. The predicted octanol–water partition coefficient (Wildman–Crippen LogP) is 13.3. The molecular weight excluding hydrogens is 747 g/mol. The molecule has 0 N–H and O–H groups in total. The number of amides is 2. The van der Waals surface area contributed by atoms with Crippen molar-refractivity contribution in [2.75, 3.05) is 6.54 Å². The lowest BCUT2D eigenvalue weighted by Gasteiger charge is -2.33. The van der Waals surface area contributed by atoms with Crippen molar-refractivity contribution in [3.8, 4) is 19.5 Å². The number of nitrogens with zero attached hydrogens (tertiary/aromatic N) is 1. The largest absolute Gasteiger partial charge is 0.274 e. The SMILES string of the molecule is CCCCCCCCCCCCN1C(=O)c2c(-c3cc4c(s3)-c3sc(C(C)(C)C)cc3[Si]4(CC(CC)CCCC)c3ccccc3)sc(C(C)(C)C)c2C1=O. The van der Waals surface area contributed by atoms with Gasteiger partial charge in [0.15, 0.2) is 8.07 Å². The van der Waals surface area contributed by atoms with Gasteiger partial charge in [-0.1, -0.05) is 176 Å². The zero-order valence-corrected chi connectivity index (χ0v) is 38.9. The molecule has 0 aliphatic carbocycles. The highest BCUT2D eigenvalue weighted by Crippen LogP contribution is 2.51. The first-order valence-electron chi connectivity index (χ1n) is 21.7. The summed E-state index contributed by atoms with van der Waals surface area (Å²) in [6.45, 7) is 21.1. The summed E-state index contributed by atoms with van der Waals surface area (Å²) in [5, 5.41) is 4.65. The Morgan fingerprint density at radius 1 is 0.636 bits per heavy atom. The molecule has 1 aromatic carbocycles. The lowest BCUT2D eigenvalue weighted by atomic mass is 9.90. The van der Waals surface area contributed by atoms with E-state index in [1.54, 1.807) is 21.4 Å². The average Bonchev–Trinajstić information content (AvgIpc) is 3.95. The molecule has 55 heavy (non-hydrogen) atoms. The molecule has 0 saturated heterocycles. The quantitative estimate of drug-likeness (QED) is 0.0537. The first-order chi connectivity index (χ1) is 26.3. The van der Waals surface area contributed by atoms with Gasteiger partial charge in [-0.2, -0.15) is 0 Å². The lowest BCUT2D eigenvalue weighted by Crippen LogP contribution is -2.65. The van der Waals surface area contributed by atoms with Crippen LogP contribution in [0.1, 0.15) is 183 Å². The van der Waals surface area contributed by atoms with Crippen LogP contribution in [0.15, 0.2) is 42.5 Å². The normalized spacial score (nSPS) is 17.3. The highest BCUT2D eigenvalue weighted by molar-refractivity contribution is 7.33. The van der Waals surface area contributed by atoms with Crippen LogP contribution in [0.25, 0.3) is 19.5 Å². The third-order valence-electron chi connectivity index (χ3n) is 12.2. The van der Waals surface area contributed by atoms with Crippen molar-refractivity contribution in [1.29, 1.82) is 0 Å². The van der Waals surface area contributed by atoms with E-state index in [2.05, 4.69) is 105 Å². The lowest BCUT2D eigenvalue weighted by molar-refractivity contribution is 0.0650. The number of rotatable bonds is 19. The van der Waals surface area contributed by atoms with Crippen LogP contribution in [0.3, 0.4) is 0 Å². The summed E-state index contributed by atoms with van der Waals surface area (Å²) in [7, 11) is -2.43. The summed E-state index contributed by atoms with van der Waals surface area (Å²) in [5.74, 6) is 0.511. The van der Waals surface area contributed by atoms with E-state index in [9.17, 15) is 9.59 Å². The summed E-state index contributed by atoms with van der Waals surface area (Å²) in [6, 6.07) is 17.8. The van der Waals surface area contributed by atoms with E-state index < -0.39 is 8.07 Å². The van der Waals surface area contributed by atoms with Gasteiger partial charge in [-0.15, -0.1) is 34.0 Å². The summed E-state index contributed by atoms with van der Waals surface area (Å²) in [6.07, 6.45) is 17.3. The van der Waals surface area contributed by atoms with Gasteiger partial charge >= 0.3 is 0 Å². The Hall–Kier alpha value is -2.32. The van der Waals surface area contributed by atoms with Crippen molar-refractivity contribution >= 4 is 69.5 Å². The van der Waals surface area contributed by atoms with Crippen LogP contribution in [-0.4, -0.2) is 31.3 Å². The predicted molar refractivity (Wildman–Crippen MR) is 245 cm³/mol. The number of hydrogen-bond donors (Lipinski definition) is 0.